The highest BCUT2D eigenvalue weighted by atomic mass is 16.2. The highest BCUT2D eigenvalue weighted by molar-refractivity contribution is 5.92. The van der Waals surface area contributed by atoms with Gasteiger partial charge in [-0.05, 0) is 43.5 Å². The van der Waals surface area contributed by atoms with Gasteiger partial charge in [0.1, 0.15) is 5.69 Å². The minimum Gasteiger partial charge on any atom is -0.399 e. The maximum atomic E-state index is 12.3. The van der Waals surface area contributed by atoms with Gasteiger partial charge in [0.15, 0.2) is 0 Å². The van der Waals surface area contributed by atoms with Gasteiger partial charge in [-0.2, -0.15) is 5.10 Å². The number of nitrogens with two attached hydrogens (primary N) is 1. The molecular weight excluding hydrogens is 264 g/mol. The minimum atomic E-state index is -0.106. The van der Waals surface area contributed by atoms with Crippen LogP contribution in [0.1, 0.15) is 41.2 Å². The Hall–Kier alpha value is -2.30. The van der Waals surface area contributed by atoms with Crippen molar-refractivity contribution in [3.05, 3.63) is 46.8 Å². The molecular formula is C16H22N4O. The van der Waals surface area contributed by atoms with Gasteiger partial charge >= 0.3 is 0 Å². The minimum absolute atomic E-state index is 0.106. The van der Waals surface area contributed by atoms with Gasteiger partial charge in [-0.15, -0.1) is 0 Å². The van der Waals surface area contributed by atoms with Crippen molar-refractivity contribution in [2.75, 3.05) is 5.73 Å². The summed E-state index contributed by atoms with van der Waals surface area (Å²) in [7, 11) is 0. The van der Waals surface area contributed by atoms with Crippen molar-refractivity contribution in [2.45, 2.75) is 40.3 Å². The molecule has 1 heterocycles. The van der Waals surface area contributed by atoms with E-state index in [1.807, 2.05) is 45.0 Å². The Kier molecular flexibility index (Phi) is 4.62. The first kappa shape index (κ1) is 15.1. The summed E-state index contributed by atoms with van der Waals surface area (Å²) in [5, 5.41) is 7.33. The predicted octanol–water partition coefficient (Wildman–Crippen LogP) is 2.29. The van der Waals surface area contributed by atoms with Crippen molar-refractivity contribution >= 4 is 11.6 Å². The van der Waals surface area contributed by atoms with Crippen molar-refractivity contribution in [1.29, 1.82) is 0 Å². The molecule has 0 fully saturated rings. The van der Waals surface area contributed by atoms with Crippen LogP contribution < -0.4 is 11.1 Å². The van der Waals surface area contributed by atoms with E-state index in [0.29, 0.717) is 18.8 Å². The Morgan fingerprint density at radius 2 is 2.14 bits per heavy atom. The van der Waals surface area contributed by atoms with E-state index in [4.69, 9.17) is 5.73 Å². The zero-order valence-electron chi connectivity index (χ0n) is 12.8. The molecule has 0 unspecified atom stereocenters. The molecule has 0 aliphatic rings. The van der Waals surface area contributed by atoms with Gasteiger partial charge in [-0.1, -0.05) is 19.1 Å². The lowest BCUT2D eigenvalue weighted by Crippen LogP contribution is -2.26. The van der Waals surface area contributed by atoms with E-state index in [0.717, 1.165) is 28.9 Å². The highest BCUT2D eigenvalue weighted by Gasteiger charge is 2.14. The average Bonchev–Trinajstić information content (AvgIpc) is 2.92. The number of nitrogens with one attached hydrogen (secondary N) is 1. The molecule has 0 saturated heterocycles. The summed E-state index contributed by atoms with van der Waals surface area (Å²) in [5.41, 5.74) is 10.2. The molecule has 2 aromatic rings. The fourth-order valence-corrected chi connectivity index (χ4v) is 2.23. The van der Waals surface area contributed by atoms with Gasteiger partial charge in [0.05, 0.1) is 5.69 Å². The molecule has 0 aliphatic carbocycles. The lowest BCUT2D eigenvalue weighted by molar-refractivity contribution is 0.0940. The molecule has 5 nitrogen and oxygen atoms in total. The predicted molar refractivity (Wildman–Crippen MR) is 84.0 cm³/mol. The van der Waals surface area contributed by atoms with E-state index in [1.54, 1.807) is 4.68 Å². The van der Waals surface area contributed by atoms with Crippen LogP contribution in [0.5, 0.6) is 0 Å². The summed E-state index contributed by atoms with van der Waals surface area (Å²) in [4.78, 5) is 12.3. The van der Waals surface area contributed by atoms with E-state index < -0.39 is 0 Å². The molecule has 0 atom stereocenters. The van der Waals surface area contributed by atoms with Crippen LogP contribution in [-0.2, 0) is 19.5 Å². The summed E-state index contributed by atoms with van der Waals surface area (Å²) in [5.74, 6) is -0.106. The molecule has 1 aromatic carbocycles. The Morgan fingerprint density at radius 3 is 2.81 bits per heavy atom. The zero-order chi connectivity index (χ0) is 15.4. The summed E-state index contributed by atoms with van der Waals surface area (Å²) in [6.07, 6.45) is 0.821. The summed E-state index contributed by atoms with van der Waals surface area (Å²) in [6.45, 7) is 7.11. The molecule has 0 spiro atoms. The number of carbonyl (C=O) groups is 1. The number of carbonyl (C=O) groups excluding carboxylic acids is 1. The number of aromatic nitrogens is 2. The molecule has 0 saturated carbocycles. The van der Waals surface area contributed by atoms with Gasteiger partial charge in [0.25, 0.3) is 5.91 Å². The molecule has 1 aromatic heterocycles. The van der Waals surface area contributed by atoms with Crippen LogP contribution in [0.15, 0.2) is 24.3 Å². The molecule has 0 bridgehead atoms. The molecule has 0 radical (unpaired) electrons. The number of aryl methyl sites for hydroxylation is 2. The monoisotopic (exact) mass is 286 g/mol. The van der Waals surface area contributed by atoms with Crippen LogP contribution in [0.4, 0.5) is 5.69 Å². The van der Waals surface area contributed by atoms with Crippen molar-refractivity contribution in [2.24, 2.45) is 0 Å². The molecule has 0 aliphatic heterocycles. The van der Waals surface area contributed by atoms with Gasteiger partial charge in [-0.25, -0.2) is 0 Å². The van der Waals surface area contributed by atoms with Crippen LogP contribution in [0.25, 0.3) is 0 Å². The van der Waals surface area contributed by atoms with Gasteiger partial charge < -0.3 is 11.1 Å². The van der Waals surface area contributed by atoms with Crippen molar-refractivity contribution in [1.82, 2.24) is 15.1 Å². The second-order valence-electron chi connectivity index (χ2n) is 5.00. The van der Waals surface area contributed by atoms with Gasteiger partial charge in [-0.3, -0.25) is 9.48 Å². The van der Waals surface area contributed by atoms with E-state index in [2.05, 4.69) is 10.4 Å². The topological polar surface area (TPSA) is 72.9 Å². The van der Waals surface area contributed by atoms with Crippen LogP contribution in [0.3, 0.4) is 0 Å². The summed E-state index contributed by atoms with van der Waals surface area (Å²) >= 11 is 0. The third-order valence-corrected chi connectivity index (χ3v) is 3.65. The first-order valence-electron chi connectivity index (χ1n) is 7.25. The number of nitrogens with zero attached hydrogens (tertiary/aromatic N) is 2. The standard InChI is InChI=1S/C16H22N4O/c1-4-13-9-15(20(5-2)19-13)16(21)18-10-12-7-6-8-14(17)11(12)3/h6-9H,4-5,10,17H2,1-3H3,(H,18,21). The van der Waals surface area contributed by atoms with E-state index in [9.17, 15) is 4.79 Å². The number of anilines is 1. The summed E-state index contributed by atoms with van der Waals surface area (Å²) < 4.78 is 1.74. The van der Waals surface area contributed by atoms with E-state index in [1.165, 1.54) is 0 Å². The van der Waals surface area contributed by atoms with Crippen molar-refractivity contribution in [3.63, 3.8) is 0 Å². The molecule has 21 heavy (non-hydrogen) atoms. The average molecular weight is 286 g/mol. The normalized spacial score (nSPS) is 10.6. The molecule has 112 valence electrons. The smallest absolute Gasteiger partial charge is 0.269 e. The lowest BCUT2D eigenvalue weighted by atomic mass is 10.1. The van der Waals surface area contributed by atoms with Gasteiger partial charge in [0, 0.05) is 18.8 Å². The second kappa shape index (κ2) is 6.43. The summed E-state index contributed by atoms with van der Waals surface area (Å²) in [6, 6.07) is 7.58. The SMILES string of the molecule is CCc1cc(C(=O)NCc2cccc(N)c2C)n(CC)n1. The Bertz CT molecular complexity index is 646. The van der Waals surface area contributed by atoms with E-state index in [-0.39, 0.29) is 5.91 Å². The maximum absolute atomic E-state index is 12.3. The number of nitrogen functional groups attached to an aromatic ring is 1. The fourth-order valence-electron chi connectivity index (χ4n) is 2.23. The second-order valence-corrected chi connectivity index (χ2v) is 5.00. The van der Waals surface area contributed by atoms with Crippen LogP contribution in [0, 0.1) is 6.92 Å². The third-order valence-electron chi connectivity index (χ3n) is 3.65. The number of hydrogen-bond acceptors (Lipinski definition) is 3. The third kappa shape index (κ3) is 3.24. The van der Waals surface area contributed by atoms with Crippen molar-refractivity contribution < 1.29 is 4.79 Å². The zero-order valence-corrected chi connectivity index (χ0v) is 12.8. The Balaban J connectivity index is 2.11. The maximum Gasteiger partial charge on any atom is 0.269 e. The molecule has 3 N–H and O–H groups in total. The van der Waals surface area contributed by atoms with Crippen LogP contribution >= 0.6 is 0 Å². The quantitative estimate of drug-likeness (QED) is 0.828. The Labute approximate surface area is 125 Å². The number of hydrogen-bond donors (Lipinski definition) is 2. The number of benzene rings is 1. The first-order chi connectivity index (χ1) is 10.1. The first-order valence-corrected chi connectivity index (χ1v) is 7.25. The van der Waals surface area contributed by atoms with E-state index >= 15 is 0 Å². The van der Waals surface area contributed by atoms with Gasteiger partial charge in [0.2, 0.25) is 0 Å². The molecule has 5 heteroatoms. The largest absolute Gasteiger partial charge is 0.399 e. The molecule has 2 rings (SSSR count). The fraction of sp³-hybridized carbons (Fsp3) is 0.375. The van der Waals surface area contributed by atoms with Crippen LogP contribution in [0.2, 0.25) is 0 Å². The van der Waals surface area contributed by atoms with Crippen molar-refractivity contribution in [3.8, 4) is 0 Å². The lowest BCUT2D eigenvalue weighted by Gasteiger charge is -2.10. The van der Waals surface area contributed by atoms with Crippen LogP contribution in [-0.4, -0.2) is 15.7 Å². The molecule has 1 amide bonds. The highest BCUT2D eigenvalue weighted by Crippen LogP contribution is 2.15. The Morgan fingerprint density at radius 1 is 1.38 bits per heavy atom. The number of rotatable bonds is 5. The number of amides is 1.